The number of hydrogen-bond donors (Lipinski definition) is 2. The number of aromatic nitrogens is 4. The van der Waals surface area contributed by atoms with Crippen LogP contribution in [0.1, 0.15) is 30.8 Å². The first-order valence-electron chi connectivity index (χ1n) is 10.1. The zero-order chi connectivity index (χ0) is 22.6. The molecule has 9 nitrogen and oxygen atoms in total. The van der Waals surface area contributed by atoms with Crippen LogP contribution >= 0.6 is 24.0 Å². The summed E-state index contributed by atoms with van der Waals surface area (Å²) in [5.41, 5.74) is -2.17. The van der Waals surface area contributed by atoms with Crippen LogP contribution in [-0.2, 0) is 24.4 Å². The smallest absolute Gasteiger partial charge is 0.374 e. The maximum absolute atomic E-state index is 13.7. The van der Waals surface area contributed by atoms with Crippen LogP contribution in [0.25, 0.3) is 0 Å². The number of ether oxygens (including phenoxy) is 1. The van der Waals surface area contributed by atoms with Gasteiger partial charge >= 0.3 is 6.18 Å². The minimum atomic E-state index is -4.88. The second kappa shape index (κ2) is 10.8. The SMILES string of the molecule is CCNC(=NCCC(O)(c1nccn1C)C(F)(F)F)N1CCOC(c2cnn(C)c2)C1.I. The molecule has 0 amide bonds. The highest BCUT2D eigenvalue weighted by Gasteiger charge is 2.57. The number of aryl methyl sites for hydroxylation is 2. The average Bonchev–Trinajstić information content (AvgIpc) is 3.35. The first kappa shape index (κ1) is 26.4. The van der Waals surface area contributed by atoms with Gasteiger partial charge in [0.05, 0.1) is 19.3 Å². The summed E-state index contributed by atoms with van der Waals surface area (Å²) in [5, 5.41) is 17.8. The van der Waals surface area contributed by atoms with E-state index in [-0.39, 0.29) is 36.6 Å². The number of guanidine groups is 1. The fourth-order valence-electron chi connectivity index (χ4n) is 3.54. The first-order chi connectivity index (χ1) is 14.7. The predicted molar refractivity (Wildman–Crippen MR) is 123 cm³/mol. The number of morpholine rings is 1. The fourth-order valence-corrected chi connectivity index (χ4v) is 3.54. The van der Waals surface area contributed by atoms with Crippen LogP contribution in [-0.4, -0.2) is 74.3 Å². The molecular formula is C19H29F3IN7O2. The van der Waals surface area contributed by atoms with Crippen LogP contribution in [0.2, 0.25) is 0 Å². The van der Waals surface area contributed by atoms with Crippen molar-refractivity contribution in [3.63, 3.8) is 0 Å². The second-order valence-electron chi connectivity index (χ2n) is 7.46. The molecule has 1 saturated heterocycles. The lowest BCUT2D eigenvalue weighted by atomic mass is 9.98. The van der Waals surface area contributed by atoms with E-state index in [1.165, 1.54) is 24.0 Å². The summed E-state index contributed by atoms with van der Waals surface area (Å²) in [6.45, 7) is 3.68. The van der Waals surface area contributed by atoms with E-state index in [4.69, 9.17) is 4.74 Å². The van der Waals surface area contributed by atoms with E-state index in [9.17, 15) is 18.3 Å². The third kappa shape index (κ3) is 5.73. The highest BCUT2D eigenvalue weighted by molar-refractivity contribution is 14.0. The van der Waals surface area contributed by atoms with Crippen molar-refractivity contribution in [3.05, 3.63) is 36.2 Å². The Morgan fingerprint density at radius 2 is 2.12 bits per heavy atom. The maximum atomic E-state index is 13.7. The topological polar surface area (TPSA) is 92.7 Å². The van der Waals surface area contributed by atoms with E-state index in [0.29, 0.717) is 32.2 Å². The van der Waals surface area contributed by atoms with Crippen molar-refractivity contribution in [3.8, 4) is 0 Å². The lowest BCUT2D eigenvalue weighted by Crippen LogP contribution is -2.48. The van der Waals surface area contributed by atoms with Crippen molar-refractivity contribution in [2.45, 2.75) is 31.2 Å². The van der Waals surface area contributed by atoms with E-state index < -0.39 is 24.0 Å². The van der Waals surface area contributed by atoms with Crippen molar-refractivity contribution in [1.82, 2.24) is 29.5 Å². The highest BCUT2D eigenvalue weighted by atomic mass is 127. The third-order valence-electron chi connectivity index (χ3n) is 5.19. The molecule has 3 rings (SSSR count). The molecule has 1 fully saturated rings. The number of rotatable bonds is 6. The monoisotopic (exact) mass is 571 g/mol. The predicted octanol–water partition coefficient (Wildman–Crippen LogP) is 1.95. The Kier molecular flexibility index (Phi) is 8.93. The molecule has 1 aliphatic rings. The van der Waals surface area contributed by atoms with Gasteiger partial charge in [0.25, 0.3) is 0 Å². The van der Waals surface area contributed by atoms with Crippen LogP contribution in [0, 0.1) is 0 Å². The summed E-state index contributed by atoms with van der Waals surface area (Å²) >= 11 is 0. The summed E-state index contributed by atoms with van der Waals surface area (Å²) < 4.78 is 49.8. The van der Waals surface area contributed by atoms with E-state index in [1.807, 2.05) is 25.1 Å². The molecule has 0 aliphatic carbocycles. The van der Waals surface area contributed by atoms with E-state index >= 15 is 0 Å². The number of imidazole rings is 1. The Morgan fingerprint density at radius 1 is 1.38 bits per heavy atom. The van der Waals surface area contributed by atoms with Crippen molar-refractivity contribution < 1.29 is 23.0 Å². The van der Waals surface area contributed by atoms with E-state index in [1.54, 1.807) is 10.9 Å². The lowest BCUT2D eigenvalue weighted by molar-refractivity contribution is -0.272. The minimum absolute atomic E-state index is 0. The number of aliphatic imine (C=N–C) groups is 1. The van der Waals surface area contributed by atoms with Gasteiger partial charge in [-0.1, -0.05) is 0 Å². The zero-order valence-electron chi connectivity index (χ0n) is 18.2. The molecule has 0 aromatic carbocycles. The molecule has 0 spiro atoms. The van der Waals surface area contributed by atoms with Gasteiger partial charge in [0.15, 0.2) is 5.96 Å². The van der Waals surface area contributed by atoms with Gasteiger partial charge in [-0.15, -0.1) is 24.0 Å². The Labute approximate surface area is 201 Å². The molecule has 2 atom stereocenters. The number of nitrogens with one attached hydrogen (secondary N) is 1. The maximum Gasteiger partial charge on any atom is 0.424 e. The standard InChI is InChI=1S/C19H28F3N7O2.HI/c1-4-23-17(29-9-10-31-15(13-29)14-11-26-28(3)12-14)25-6-5-18(30,19(20,21)22)16-24-7-8-27(16)2;/h7-8,11-12,15,30H,4-6,9-10,13H2,1-3H3,(H,23,25);1H. The molecule has 32 heavy (non-hydrogen) atoms. The Morgan fingerprint density at radius 3 is 2.69 bits per heavy atom. The Hall–Kier alpha value is -1.87. The van der Waals surface area contributed by atoms with Gasteiger partial charge in [-0.2, -0.15) is 18.3 Å². The van der Waals surface area contributed by atoms with Gasteiger partial charge in [0.1, 0.15) is 11.9 Å². The summed E-state index contributed by atoms with van der Waals surface area (Å²) in [6.07, 6.45) is 0.447. The van der Waals surface area contributed by atoms with Gasteiger partial charge < -0.3 is 24.6 Å². The molecule has 1 aliphatic heterocycles. The van der Waals surface area contributed by atoms with Gasteiger partial charge in [-0.05, 0) is 6.92 Å². The van der Waals surface area contributed by atoms with Gasteiger partial charge in [0.2, 0.25) is 5.60 Å². The zero-order valence-corrected chi connectivity index (χ0v) is 20.5. The largest absolute Gasteiger partial charge is 0.424 e. The number of halogens is 4. The molecule has 2 N–H and O–H groups in total. The van der Waals surface area contributed by atoms with Crippen LogP contribution < -0.4 is 5.32 Å². The second-order valence-corrected chi connectivity index (χ2v) is 7.46. The van der Waals surface area contributed by atoms with Gasteiger partial charge in [-0.3, -0.25) is 9.67 Å². The number of alkyl halides is 3. The lowest BCUT2D eigenvalue weighted by Gasteiger charge is -2.35. The Bertz CT molecular complexity index is 902. The molecule has 0 saturated carbocycles. The molecule has 13 heteroatoms. The van der Waals surface area contributed by atoms with Crippen LogP contribution in [0.4, 0.5) is 13.2 Å². The summed E-state index contributed by atoms with van der Waals surface area (Å²) in [5.74, 6) is 0.0206. The summed E-state index contributed by atoms with van der Waals surface area (Å²) in [6, 6.07) is 0. The number of hydrogen-bond acceptors (Lipinski definition) is 5. The van der Waals surface area contributed by atoms with Gasteiger partial charge in [-0.25, -0.2) is 4.98 Å². The normalized spacial score (nSPS) is 19.4. The molecule has 0 bridgehead atoms. The van der Waals surface area contributed by atoms with Crippen LogP contribution in [0.15, 0.2) is 29.8 Å². The van der Waals surface area contributed by atoms with Crippen molar-refractivity contribution in [2.24, 2.45) is 19.1 Å². The number of aliphatic hydroxyl groups is 1. The van der Waals surface area contributed by atoms with Crippen LogP contribution in [0.3, 0.4) is 0 Å². The van der Waals surface area contributed by atoms with Gasteiger partial charge in [0, 0.05) is 64.3 Å². The van der Waals surface area contributed by atoms with E-state index in [2.05, 4.69) is 20.4 Å². The molecule has 0 radical (unpaired) electrons. The summed E-state index contributed by atoms with van der Waals surface area (Å²) in [4.78, 5) is 10.0. The van der Waals surface area contributed by atoms with Crippen molar-refractivity contribution in [1.29, 1.82) is 0 Å². The fraction of sp³-hybridized carbons (Fsp3) is 0.632. The third-order valence-corrected chi connectivity index (χ3v) is 5.19. The molecule has 2 aromatic heterocycles. The average molecular weight is 571 g/mol. The van der Waals surface area contributed by atoms with Crippen molar-refractivity contribution in [2.75, 3.05) is 32.8 Å². The quantitative estimate of drug-likeness (QED) is 0.313. The highest BCUT2D eigenvalue weighted by Crippen LogP contribution is 2.40. The van der Waals surface area contributed by atoms with Crippen LogP contribution in [0.5, 0.6) is 0 Å². The Balaban J connectivity index is 0.00000363. The molecule has 3 heterocycles. The first-order valence-corrected chi connectivity index (χ1v) is 10.1. The minimum Gasteiger partial charge on any atom is -0.374 e. The molecule has 180 valence electrons. The number of nitrogens with zero attached hydrogens (tertiary/aromatic N) is 6. The molecular weight excluding hydrogens is 542 g/mol. The summed E-state index contributed by atoms with van der Waals surface area (Å²) in [7, 11) is 3.23. The molecule has 2 aromatic rings. The molecule has 2 unspecified atom stereocenters. The van der Waals surface area contributed by atoms with E-state index in [0.717, 1.165) is 5.56 Å². The van der Waals surface area contributed by atoms with Crippen molar-refractivity contribution >= 4 is 29.9 Å².